The predicted molar refractivity (Wildman–Crippen MR) is 78.8 cm³/mol. The van der Waals surface area contributed by atoms with Crippen molar-refractivity contribution in [2.24, 2.45) is 5.92 Å². The highest BCUT2D eigenvalue weighted by atomic mass is 16.5. The molecule has 104 valence electrons. The topological polar surface area (TPSA) is 24.5 Å². The minimum absolute atomic E-state index is 0.858. The molecule has 3 heteroatoms. The van der Waals surface area contributed by atoms with Crippen LogP contribution in [0, 0.1) is 5.92 Å². The molecule has 0 aliphatic carbocycles. The Bertz CT molecular complexity index is 378. The van der Waals surface area contributed by atoms with Crippen molar-refractivity contribution in [2.75, 3.05) is 44.3 Å². The largest absolute Gasteiger partial charge is 0.378 e. The molecule has 3 rings (SSSR count). The van der Waals surface area contributed by atoms with Crippen LogP contribution in [0.15, 0.2) is 24.3 Å². The monoisotopic (exact) mass is 260 g/mol. The summed E-state index contributed by atoms with van der Waals surface area (Å²) in [7, 11) is 0. The average molecular weight is 260 g/mol. The molecular weight excluding hydrogens is 236 g/mol. The highest BCUT2D eigenvalue weighted by Gasteiger charge is 2.14. The summed E-state index contributed by atoms with van der Waals surface area (Å²) in [5, 5.41) is 3.43. The maximum absolute atomic E-state index is 5.40. The van der Waals surface area contributed by atoms with Crippen molar-refractivity contribution in [1.29, 1.82) is 0 Å². The number of hydrogen-bond donors (Lipinski definition) is 1. The summed E-state index contributed by atoms with van der Waals surface area (Å²) >= 11 is 0. The molecule has 2 aliphatic rings. The van der Waals surface area contributed by atoms with Crippen LogP contribution in [0.25, 0.3) is 0 Å². The number of hydrogen-bond acceptors (Lipinski definition) is 3. The molecule has 19 heavy (non-hydrogen) atoms. The number of nitrogens with zero attached hydrogens (tertiary/aromatic N) is 1. The number of anilines is 1. The molecule has 2 saturated heterocycles. The molecule has 0 atom stereocenters. The first-order chi connectivity index (χ1) is 9.42. The van der Waals surface area contributed by atoms with Gasteiger partial charge in [0.2, 0.25) is 0 Å². The molecule has 0 bridgehead atoms. The standard InChI is InChI=1S/C16H24N2O/c1-3-16(18-9-11-19-12-10-18)4-2-14(1)13-15-5-7-17-8-6-15/h1-4,15,17H,5-13H2. The summed E-state index contributed by atoms with van der Waals surface area (Å²) in [6, 6.07) is 9.18. The van der Waals surface area contributed by atoms with Gasteiger partial charge in [-0.2, -0.15) is 0 Å². The van der Waals surface area contributed by atoms with E-state index < -0.39 is 0 Å². The van der Waals surface area contributed by atoms with E-state index in [1.807, 2.05) is 0 Å². The average Bonchev–Trinajstić information content (AvgIpc) is 2.50. The van der Waals surface area contributed by atoms with Crippen LogP contribution in [0.2, 0.25) is 0 Å². The Balaban J connectivity index is 1.58. The zero-order valence-corrected chi connectivity index (χ0v) is 11.6. The first-order valence-electron chi connectivity index (χ1n) is 7.54. The fourth-order valence-electron chi connectivity index (χ4n) is 3.08. The van der Waals surface area contributed by atoms with Crippen molar-refractivity contribution in [3.63, 3.8) is 0 Å². The summed E-state index contributed by atoms with van der Waals surface area (Å²) in [6.07, 6.45) is 3.89. The molecule has 2 fully saturated rings. The fourth-order valence-corrected chi connectivity index (χ4v) is 3.08. The van der Waals surface area contributed by atoms with Crippen molar-refractivity contribution in [2.45, 2.75) is 19.3 Å². The molecule has 2 aliphatic heterocycles. The van der Waals surface area contributed by atoms with E-state index in [9.17, 15) is 0 Å². The van der Waals surface area contributed by atoms with Crippen LogP contribution in [0.5, 0.6) is 0 Å². The summed E-state index contributed by atoms with van der Waals surface area (Å²) in [6.45, 7) is 6.14. The van der Waals surface area contributed by atoms with Crippen LogP contribution < -0.4 is 10.2 Å². The molecule has 2 heterocycles. The van der Waals surface area contributed by atoms with Crippen LogP contribution >= 0.6 is 0 Å². The summed E-state index contributed by atoms with van der Waals surface area (Å²) in [5.74, 6) is 0.871. The van der Waals surface area contributed by atoms with Gasteiger partial charge in [0.1, 0.15) is 0 Å². The van der Waals surface area contributed by atoms with Crippen molar-refractivity contribution < 1.29 is 4.74 Å². The maximum Gasteiger partial charge on any atom is 0.0642 e. The Labute approximate surface area is 115 Å². The molecule has 0 amide bonds. The normalized spacial score (nSPS) is 21.6. The minimum Gasteiger partial charge on any atom is -0.378 e. The molecule has 0 spiro atoms. The van der Waals surface area contributed by atoms with Crippen LogP contribution in [-0.4, -0.2) is 39.4 Å². The third-order valence-electron chi connectivity index (χ3n) is 4.30. The van der Waals surface area contributed by atoms with E-state index in [1.54, 1.807) is 0 Å². The summed E-state index contributed by atoms with van der Waals surface area (Å²) < 4.78 is 5.40. The highest BCUT2D eigenvalue weighted by Crippen LogP contribution is 2.21. The molecule has 0 saturated carbocycles. The number of morpholine rings is 1. The number of benzene rings is 1. The van der Waals surface area contributed by atoms with E-state index in [0.29, 0.717) is 0 Å². The predicted octanol–water partition coefficient (Wildman–Crippen LogP) is 2.07. The zero-order valence-electron chi connectivity index (χ0n) is 11.6. The second-order valence-corrected chi connectivity index (χ2v) is 5.66. The van der Waals surface area contributed by atoms with E-state index in [4.69, 9.17) is 4.74 Å². The van der Waals surface area contributed by atoms with Crippen molar-refractivity contribution in [1.82, 2.24) is 5.32 Å². The lowest BCUT2D eigenvalue weighted by molar-refractivity contribution is 0.122. The minimum atomic E-state index is 0.858. The van der Waals surface area contributed by atoms with Gasteiger partial charge in [0.25, 0.3) is 0 Å². The molecule has 0 radical (unpaired) electrons. The third-order valence-corrected chi connectivity index (χ3v) is 4.30. The van der Waals surface area contributed by atoms with E-state index in [2.05, 4.69) is 34.5 Å². The number of ether oxygens (including phenoxy) is 1. The Morgan fingerprint density at radius 3 is 2.42 bits per heavy atom. The van der Waals surface area contributed by atoms with Gasteiger partial charge in [0.15, 0.2) is 0 Å². The Hall–Kier alpha value is -1.06. The van der Waals surface area contributed by atoms with E-state index in [0.717, 1.165) is 32.2 Å². The fraction of sp³-hybridized carbons (Fsp3) is 0.625. The highest BCUT2D eigenvalue weighted by molar-refractivity contribution is 5.48. The van der Waals surface area contributed by atoms with Gasteiger partial charge in [-0.3, -0.25) is 0 Å². The van der Waals surface area contributed by atoms with E-state index >= 15 is 0 Å². The van der Waals surface area contributed by atoms with Gasteiger partial charge >= 0.3 is 0 Å². The second-order valence-electron chi connectivity index (χ2n) is 5.66. The van der Waals surface area contributed by atoms with Gasteiger partial charge in [-0.15, -0.1) is 0 Å². The summed E-state index contributed by atoms with van der Waals surface area (Å²) in [5.41, 5.74) is 2.83. The molecule has 3 nitrogen and oxygen atoms in total. The number of nitrogens with one attached hydrogen (secondary N) is 1. The van der Waals surface area contributed by atoms with E-state index in [-0.39, 0.29) is 0 Å². The van der Waals surface area contributed by atoms with Crippen LogP contribution in [0.3, 0.4) is 0 Å². The third kappa shape index (κ3) is 3.48. The lowest BCUT2D eigenvalue weighted by Gasteiger charge is -2.29. The zero-order chi connectivity index (χ0) is 12.9. The lowest BCUT2D eigenvalue weighted by Crippen LogP contribution is -2.36. The second kappa shape index (κ2) is 6.40. The maximum atomic E-state index is 5.40. The smallest absolute Gasteiger partial charge is 0.0642 e. The molecule has 1 aromatic rings. The number of rotatable bonds is 3. The van der Waals surface area contributed by atoms with Gasteiger partial charge in [-0.1, -0.05) is 12.1 Å². The van der Waals surface area contributed by atoms with Gasteiger partial charge in [-0.25, -0.2) is 0 Å². The summed E-state index contributed by atoms with van der Waals surface area (Å²) in [4.78, 5) is 2.41. The first-order valence-corrected chi connectivity index (χ1v) is 7.54. The molecule has 0 unspecified atom stereocenters. The van der Waals surface area contributed by atoms with Gasteiger partial charge in [0.05, 0.1) is 13.2 Å². The molecule has 1 N–H and O–H groups in total. The van der Waals surface area contributed by atoms with Gasteiger partial charge < -0.3 is 15.0 Å². The van der Waals surface area contributed by atoms with Crippen molar-refractivity contribution in [3.8, 4) is 0 Å². The lowest BCUT2D eigenvalue weighted by atomic mass is 9.91. The van der Waals surface area contributed by atoms with Crippen molar-refractivity contribution >= 4 is 5.69 Å². The Morgan fingerprint density at radius 1 is 1.05 bits per heavy atom. The van der Waals surface area contributed by atoms with Crippen molar-refractivity contribution in [3.05, 3.63) is 29.8 Å². The number of piperidine rings is 1. The van der Waals surface area contributed by atoms with E-state index in [1.165, 1.54) is 43.6 Å². The molecule has 1 aromatic carbocycles. The Kier molecular flexibility index (Phi) is 4.36. The quantitative estimate of drug-likeness (QED) is 0.900. The van der Waals surface area contributed by atoms with Gasteiger partial charge in [0, 0.05) is 18.8 Å². The SMILES string of the molecule is c1cc(N2CCOCC2)ccc1CC1CCNCC1. The Morgan fingerprint density at radius 2 is 1.74 bits per heavy atom. The van der Waals surface area contributed by atoms with Crippen LogP contribution in [0.1, 0.15) is 18.4 Å². The molecular formula is C16H24N2O. The molecule has 0 aromatic heterocycles. The first kappa shape index (κ1) is 12.9. The van der Waals surface area contributed by atoms with Gasteiger partial charge in [-0.05, 0) is 56.0 Å². The van der Waals surface area contributed by atoms with Crippen LogP contribution in [-0.2, 0) is 11.2 Å². The van der Waals surface area contributed by atoms with Crippen LogP contribution in [0.4, 0.5) is 5.69 Å².